The number of benzene rings is 1. The third-order valence-electron chi connectivity index (χ3n) is 3.64. The first-order valence-corrected chi connectivity index (χ1v) is 7.02. The van der Waals surface area contributed by atoms with Crippen LogP contribution in [-0.2, 0) is 10.7 Å². The van der Waals surface area contributed by atoms with E-state index in [1.807, 2.05) is 6.07 Å². The number of hydrogen-bond acceptors (Lipinski definition) is 2. The van der Waals surface area contributed by atoms with E-state index in [-0.39, 0.29) is 11.9 Å². The van der Waals surface area contributed by atoms with Crippen LogP contribution in [0.25, 0.3) is 11.0 Å². The normalized spacial score (nSPS) is 19.7. The quantitative estimate of drug-likeness (QED) is 0.858. The first-order valence-electron chi connectivity index (χ1n) is 6.49. The molecule has 19 heavy (non-hydrogen) atoms. The van der Waals surface area contributed by atoms with Gasteiger partial charge in [0.2, 0.25) is 5.91 Å². The van der Waals surface area contributed by atoms with Crippen LogP contribution in [0.2, 0.25) is 0 Å². The predicted octanol–water partition coefficient (Wildman–Crippen LogP) is 2.53. The average Bonchev–Trinajstić information content (AvgIpc) is 2.77. The summed E-state index contributed by atoms with van der Waals surface area (Å²) >= 11 is 6.02. The van der Waals surface area contributed by atoms with Crippen molar-refractivity contribution in [2.75, 3.05) is 6.54 Å². The van der Waals surface area contributed by atoms with Crippen molar-refractivity contribution < 1.29 is 4.79 Å². The molecule has 2 aromatic rings. The lowest BCUT2D eigenvalue weighted by molar-refractivity contribution is -0.122. The van der Waals surface area contributed by atoms with Gasteiger partial charge in [0.25, 0.3) is 0 Å². The second kappa shape index (κ2) is 4.85. The molecule has 3 rings (SSSR count). The molecule has 1 aromatic carbocycles. The van der Waals surface area contributed by atoms with Crippen LogP contribution in [0, 0.1) is 6.92 Å². The van der Waals surface area contributed by atoms with Gasteiger partial charge in [-0.1, -0.05) is 6.07 Å². The second-order valence-electron chi connectivity index (χ2n) is 5.02. The highest BCUT2D eigenvalue weighted by Crippen LogP contribution is 2.27. The number of aryl methyl sites for hydroxylation is 1. The molecule has 4 nitrogen and oxygen atoms in total. The number of halogens is 1. The maximum atomic E-state index is 11.3. The predicted molar refractivity (Wildman–Crippen MR) is 75.3 cm³/mol. The molecule has 0 aliphatic carbocycles. The molecule has 0 radical (unpaired) electrons. The summed E-state index contributed by atoms with van der Waals surface area (Å²) < 4.78 is 2.19. The van der Waals surface area contributed by atoms with Crippen LogP contribution in [0.5, 0.6) is 0 Å². The highest BCUT2D eigenvalue weighted by molar-refractivity contribution is 6.16. The van der Waals surface area contributed by atoms with Gasteiger partial charge in [-0.05, 0) is 31.0 Å². The van der Waals surface area contributed by atoms with E-state index in [2.05, 4.69) is 33.9 Å². The summed E-state index contributed by atoms with van der Waals surface area (Å²) in [6, 6.07) is 6.46. The molecule has 0 saturated carbocycles. The molecule has 1 fully saturated rings. The van der Waals surface area contributed by atoms with Crippen LogP contribution in [-0.4, -0.2) is 22.0 Å². The topological polar surface area (TPSA) is 46.9 Å². The lowest BCUT2D eigenvalue weighted by Gasteiger charge is -2.25. The maximum absolute atomic E-state index is 11.3. The smallest absolute Gasteiger partial charge is 0.220 e. The number of rotatable bonds is 2. The molecular weight excluding hydrogens is 262 g/mol. The fourth-order valence-corrected chi connectivity index (χ4v) is 2.88. The average molecular weight is 278 g/mol. The Morgan fingerprint density at radius 1 is 1.53 bits per heavy atom. The Bertz CT molecular complexity index is 625. The summed E-state index contributed by atoms with van der Waals surface area (Å²) in [4.78, 5) is 15.9. The number of amides is 1. The van der Waals surface area contributed by atoms with Gasteiger partial charge in [-0.3, -0.25) is 4.79 Å². The summed E-state index contributed by atoms with van der Waals surface area (Å²) in [6.07, 6.45) is 1.41. The van der Waals surface area contributed by atoms with Gasteiger partial charge in [-0.25, -0.2) is 4.98 Å². The Balaban J connectivity index is 2.09. The zero-order valence-corrected chi connectivity index (χ0v) is 11.6. The number of nitrogens with zero attached hydrogens (tertiary/aromatic N) is 2. The molecule has 0 bridgehead atoms. The van der Waals surface area contributed by atoms with Crippen molar-refractivity contribution in [2.45, 2.75) is 31.7 Å². The first kappa shape index (κ1) is 12.5. The van der Waals surface area contributed by atoms with E-state index < -0.39 is 0 Å². The SMILES string of the molecule is Cc1ccc2nc(CCl)n(C3CCC(=O)NC3)c2c1. The fourth-order valence-electron chi connectivity index (χ4n) is 2.69. The van der Waals surface area contributed by atoms with Gasteiger partial charge in [0.15, 0.2) is 0 Å². The minimum Gasteiger partial charge on any atom is -0.354 e. The van der Waals surface area contributed by atoms with E-state index >= 15 is 0 Å². The third-order valence-corrected chi connectivity index (χ3v) is 3.88. The van der Waals surface area contributed by atoms with Gasteiger partial charge >= 0.3 is 0 Å². The molecule has 1 saturated heterocycles. The van der Waals surface area contributed by atoms with Crippen molar-refractivity contribution in [2.24, 2.45) is 0 Å². The zero-order chi connectivity index (χ0) is 13.4. The van der Waals surface area contributed by atoms with Crippen LogP contribution < -0.4 is 5.32 Å². The van der Waals surface area contributed by atoms with E-state index in [9.17, 15) is 4.79 Å². The monoisotopic (exact) mass is 277 g/mol. The van der Waals surface area contributed by atoms with Crippen LogP contribution in [0.3, 0.4) is 0 Å². The van der Waals surface area contributed by atoms with Gasteiger partial charge < -0.3 is 9.88 Å². The van der Waals surface area contributed by atoms with Crippen molar-refractivity contribution >= 4 is 28.5 Å². The Labute approximate surface area is 116 Å². The summed E-state index contributed by atoms with van der Waals surface area (Å²) in [5.41, 5.74) is 3.28. The van der Waals surface area contributed by atoms with Gasteiger partial charge in [0.05, 0.1) is 23.0 Å². The van der Waals surface area contributed by atoms with Crippen molar-refractivity contribution in [3.63, 3.8) is 0 Å². The highest BCUT2D eigenvalue weighted by atomic mass is 35.5. The number of aromatic nitrogens is 2. The molecule has 1 atom stereocenters. The maximum Gasteiger partial charge on any atom is 0.220 e. The van der Waals surface area contributed by atoms with Gasteiger partial charge in [0.1, 0.15) is 5.82 Å². The van der Waals surface area contributed by atoms with E-state index in [1.165, 1.54) is 5.56 Å². The van der Waals surface area contributed by atoms with Crippen LogP contribution in [0.1, 0.15) is 30.3 Å². The van der Waals surface area contributed by atoms with Crippen molar-refractivity contribution in [1.82, 2.24) is 14.9 Å². The minimum atomic E-state index is 0.129. The third kappa shape index (κ3) is 2.21. The standard InChI is InChI=1S/C14H16ClN3O/c1-9-2-4-11-12(6-9)18(13(7-15)17-11)10-3-5-14(19)16-8-10/h2,4,6,10H,3,5,7-8H2,1H3,(H,16,19). The lowest BCUT2D eigenvalue weighted by Crippen LogP contribution is -2.36. The molecule has 1 aliphatic rings. The number of piperidine rings is 1. The number of carbonyl (C=O) groups is 1. The summed E-state index contributed by atoms with van der Waals surface area (Å²) in [5, 5.41) is 2.92. The van der Waals surface area contributed by atoms with Crippen molar-refractivity contribution in [1.29, 1.82) is 0 Å². The molecule has 5 heteroatoms. The minimum absolute atomic E-state index is 0.129. The van der Waals surface area contributed by atoms with Crippen LogP contribution >= 0.6 is 11.6 Å². The Morgan fingerprint density at radius 3 is 3.05 bits per heavy atom. The Hall–Kier alpha value is -1.55. The largest absolute Gasteiger partial charge is 0.354 e. The Morgan fingerprint density at radius 2 is 2.37 bits per heavy atom. The van der Waals surface area contributed by atoms with E-state index in [0.717, 1.165) is 23.3 Å². The van der Waals surface area contributed by atoms with Crippen molar-refractivity contribution in [3.8, 4) is 0 Å². The second-order valence-corrected chi connectivity index (χ2v) is 5.29. The zero-order valence-electron chi connectivity index (χ0n) is 10.8. The Kier molecular flexibility index (Phi) is 3.19. The lowest BCUT2D eigenvalue weighted by atomic mass is 10.1. The highest BCUT2D eigenvalue weighted by Gasteiger charge is 2.23. The summed E-state index contributed by atoms with van der Waals surface area (Å²) in [6.45, 7) is 2.72. The number of nitrogens with one attached hydrogen (secondary N) is 1. The van der Waals surface area contributed by atoms with Gasteiger partial charge in [-0.15, -0.1) is 11.6 Å². The number of fused-ring (bicyclic) bond motifs is 1. The molecular formula is C14H16ClN3O. The van der Waals surface area contributed by atoms with Crippen LogP contribution in [0.4, 0.5) is 0 Å². The number of alkyl halides is 1. The van der Waals surface area contributed by atoms with Crippen LogP contribution in [0.15, 0.2) is 18.2 Å². The van der Waals surface area contributed by atoms with Gasteiger partial charge in [-0.2, -0.15) is 0 Å². The molecule has 1 amide bonds. The van der Waals surface area contributed by atoms with E-state index in [4.69, 9.17) is 11.6 Å². The summed E-state index contributed by atoms with van der Waals surface area (Å²) in [5.74, 6) is 1.39. The molecule has 1 N–H and O–H groups in total. The molecule has 1 unspecified atom stereocenters. The fraction of sp³-hybridized carbons (Fsp3) is 0.429. The number of hydrogen-bond donors (Lipinski definition) is 1. The molecule has 1 aliphatic heterocycles. The van der Waals surface area contributed by atoms with E-state index in [0.29, 0.717) is 18.8 Å². The molecule has 1 aromatic heterocycles. The number of carbonyl (C=O) groups excluding carboxylic acids is 1. The van der Waals surface area contributed by atoms with Gasteiger partial charge in [0, 0.05) is 13.0 Å². The molecule has 2 heterocycles. The molecule has 0 spiro atoms. The van der Waals surface area contributed by atoms with Crippen molar-refractivity contribution in [3.05, 3.63) is 29.6 Å². The van der Waals surface area contributed by atoms with E-state index in [1.54, 1.807) is 0 Å². The summed E-state index contributed by atoms with van der Waals surface area (Å²) in [7, 11) is 0. The first-order chi connectivity index (χ1) is 9.19. The number of imidazole rings is 1. The molecule has 100 valence electrons.